The molecule has 0 aliphatic rings. The van der Waals surface area contributed by atoms with E-state index in [-0.39, 0.29) is 22.9 Å². The molecule has 0 radical (unpaired) electrons. The summed E-state index contributed by atoms with van der Waals surface area (Å²) in [7, 11) is -4.64. The second kappa shape index (κ2) is 11.3. The summed E-state index contributed by atoms with van der Waals surface area (Å²) < 4.78 is 53.2. The van der Waals surface area contributed by atoms with Gasteiger partial charge in [-0.2, -0.15) is 4.31 Å². The first kappa shape index (κ1) is 26.8. The lowest BCUT2D eigenvalue weighted by molar-refractivity contribution is -0.121. The number of hydrogen-bond acceptors (Lipinski definition) is 5. The zero-order chi connectivity index (χ0) is 25.6. The average molecular weight is 536 g/mol. The van der Waals surface area contributed by atoms with Crippen molar-refractivity contribution >= 4 is 37.6 Å². The standard InChI is InChI=1S/C24H26ClN3O5S2/c1-27(2)34(30,31)22-12-8-19(9-13-22)16-26-24(29)18-28(17-20-6-4-3-5-7-20)35(32,33)23-14-10-21(25)11-15-23/h3-15H,16-18H2,1-2H3,(H,26,29). The summed E-state index contributed by atoms with van der Waals surface area (Å²) in [5.41, 5.74) is 1.40. The highest BCUT2D eigenvalue weighted by atomic mass is 35.5. The van der Waals surface area contributed by atoms with E-state index in [2.05, 4.69) is 5.32 Å². The maximum absolute atomic E-state index is 13.3. The zero-order valence-corrected chi connectivity index (χ0v) is 21.6. The zero-order valence-electron chi connectivity index (χ0n) is 19.3. The average Bonchev–Trinajstić information content (AvgIpc) is 2.83. The molecule has 0 saturated carbocycles. The number of sulfonamides is 2. The van der Waals surface area contributed by atoms with E-state index in [1.165, 1.54) is 50.5 Å². The van der Waals surface area contributed by atoms with Gasteiger partial charge in [-0.1, -0.05) is 54.1 Å². The summed E-state index contributed by atoms with van der Waals surface area (Å²) in [6.45, 7) is -0.273. The lowest BCUT2D eigenvalue weighted by atomic mass is 10.2. The Morgan fingerprint density at radius 1 is 0.771 bits per heavy atom. The smallest absolute Gasteiger partial charge is 0.243 e. The van der Waals surface area contributed by atoms with Crippen molar-refractivity contribution in [1.82, 2.24) is 13.9 Å². The van der Waals surface area contributed by atoms with Crippen LogP contribution in [0.3, 0.4) is 0 Å². The SMILES string of the molecule is CN(C)S(=O)(=O)c1ccc(CNC(=O)CN(Cc2ccccc2)S(=O)(=O)c2ccc(Cl)cc2)cc1. The molecular weight excluding hydrogens is 510 g/mol. The summed E-state index contributed by atoms with van der Waals surface area (Å²) in [6, 6.07) is 20.9. The molecule has 0 aliphatic heterocycles. The van der Waals surface area contributed by atoms with Gasteiger partial charge in [-0.15, -0.1) is 0 Å². The summed E-state index contributed by atoms with van der Waals surface area (Å²) in [4.78, 5) is 12.9. The van der Waals surface area contributed by atoms with Gasteiger partial charge in [0.05, 0.1) is 16.3 Å². The number of carbonyl (C=O) groups excluding carboxylic acids is 1. The predicted molar refractivity (Wildman–Crippen MR) is 135 cm³/mol. The normalized spacial score (nSPS) is 12.1. The van der Waals surface area contributed by atoms with Gasteiger partial charge in [-0.05, 0) is 47.5 Å². The van der Waals surface area contributed by atoms with Crippen molar-refractivity contribution in [2.24, 2.45) is 0 Å². The van der Waals surface area contributed by atoms with Gasteiger partial charge in [0, 0.05) is 32.2 Å². The van der Waals surface area contributed by atoms with Gasteiger partial charge in [0.25, 0.3) is 0 Å². The van der Waals surface area contributed by atoms with Crippen molar-refractivity contribution in [1.29, 1.82) is 0 Å². The molecule has 3 aromatic rings. The van der Waals surface area contributed by atoms with Crippen molar-refractivity contribution in [2.45, 2.75) is 22.9 Å². The minimum atomic E-state index is -3.98. The van der Waals surface area contributed by atoms with Crippen LogP contribution in [0.1, 0.15) is 11.1 Å². The van der Waals surface area contributed by atoms with Gasteiger partial charge >= 0.3 is 0 Å². The van der Waals surface area contributed by atoms with Crippen LogP contribution in [0.5, 0.6) is 0 Å². The van der Waals surface area contributed by atoms with Crippen molar-refractivity contribution in [3.05, 3.63) is 95.0 Å². The molecule has 11 heteroatoms. The molecule has 1 N–H and O–H groups in total. The van der Waals surface area contributed by atoms with E-state index in [9.17, 15) is 21.6 Å². The molecule has 3 rings (SSSR count). The van der Waals surface area contributed by atoms with E-state index in [4.69, 9.17) is 11.6 Å². The van der Waals surface area contributed by atoms with Crippen LogP contribution in [0.2, 0.25) is 5.02 Å². The minimum Gasteiger partial charge on any atom is -0.351 e. The van der Waals surface area contributed by atoms with Crippen LogP contribution in [0.25, 0.3) is 0 Å². The van der Waals surface area contributed by atoms with E-state index in [0.29, 0.717) is 10.6 Å². The molecule has 0 unspecified atom stereocenters. The molecule has 0 fully saturated rings. The minimum absolute atomic E-state index is 0.0102. The lowest BCUT2D eigenvalue weighted by Crippen LogP contribution is -2.40. The van der Waals surface area contributed by atoms with Gasteiger partial charge in [-0.25, -0.2) is 21.1 Å². The maximum Gasteiger partial charge on any atom is 0.243 e. The molecule has 0 saturated heterocycles. The monoisotopic (exact) mass is 535 g/mol. The summed E-state index contributed by atoms with van der Waals surface area (Å²) >= 11 is 5.90. The van der Waals surface area contributed by atoms with Gasteiger partial charge in [-0.3, -0.25) is 4.79 Å². The van der Waals surface area contributed by atoms with Crippen molar-refractivity contribution in [3.8, 4) is 0 Å². The van der Waals surface area contributed by atoms with E-state index in [0.717, 1.165) is 14.2 Å². The summed E-state index contributed by atoms with van der Waals surface area (Å²) in [6.07, 6.45) is 0. The predicted octanol–water partition coefficient (Wildman–Crippen LogP) is 3.10. The molecule has 8 nitrogen and oxygen atoms in total. The van der Waals surface area contributed by atoms with Crippen LogP contribution >= 0.6 is 11.6 Å². The third kappa shape index (κ3) is 6.89. The molecule has 35 heavy (non-hydrogen) atoms. The Morgan fingerprint density at radius 3 is 1.89 bits per heavy atom. The van der Waals surface area contributed by atoms with Crippen molar-refractivity contribution < 1.29 is 21.6 Å². The van der Waals surface area contributed by atoms with E-state index < -0.39 is 32.5 Å². The quantitative estimate of drug-likeness (QED) is 0.429. The number of nitrogens with zero attached hydrogens (tertiary/aromatic N) is 2. The molecular formula is C24H26ClN3O5S2. The Morgan fingerprint density at radius 2 is 1.31 bits per heavy atom. The fourth-order valence-corrected chi connectivity index (χ4v) is 5.59. The van der Waals surface area contributed by atoms with Crippen LogP contribution in [-0.2, 0) is 37.9 Å². The van der Waals surface area contributed by atoms with E-state index >= 15 is 0 Å². The second-order valence-corrected chi connectivity index (χ2v) is 12.4. The number of benzene rings is 3. The lowest BCUT2D eigenvalue weighted by Gasteiger charge is -2.22. The van der Waals surface area contributed by atoms with E-state index in [1.807, 2.05) is 6.07 Å². The van der Waals surface area contributed by atoms with Crippen LogP contribution in [0.15, 0.2) is 88.7 Å². The molecule has 0 heterocycles. The van der Waals surface area contributed by atoms with Gasteiger partial charge < -0.3 is 5.32 Å². The topological polar surface area (TPSA) is 104 Å². The van der Waals surface area contributed by atoms with E-state index in [1.54, 1.807) is 36.4 Å². The van der Waals surface area contributed by atoms with Crippen molar-refractivity contribution in [3.63, 3.8) is 0 Å². The Kier molecular flexibility index (Phi) is 8.68. The number of nitrogens with one attached hydrogen (secondary N) is 1. The highest BCUT2D eigenvalue weighted by Gasteiger charge is 2.27. The van der Waals surface area contributed by atoms with Crippen molar-refractivity contribution in [2.75, 3.05) is 20.6 Å². The fourth-order valence-electron chi connectivity index (χ4n) is 3.18. The van der Waals surface area contributed by atoms with Gasteiger partial charge in [0.1, 0.15) is 0 Å². The highest BCUT2D eigenvalue weighted by molar-refractivity contribution is 7.89. The molecule has 0 spiro atoms. The Hall–Kier alpha value is -2.76. The number of halogens is 1. The molecule has 1 amide bonds. The first-order chi connectivity index (χ1) is 16.5. The Balaban J connectivity index is 1.73. The first-order valence-electron chi connectivity index (χ1n) is 10.6. The number of rotatable bonds is 10. The molecule has 3 aromatic carbocycles. The third-order valence-electron chi connectivity index (χ3n) is 5.16. The number of hydrogen-bond donors (Lipinski definition) is 1. The van der Waals surface area contributed by atoms with Crippen LogP contribution in [-0.4, -0.2) is 52.0 Å². The molecule has 0 aliphatic carbocycles. The Labute approximate surface area is 211 Å². The fraction of sp³-hybridized carbons (Fsp3) is 0.208. The van der Waals surface area contributed by atoms with Crippen LogP contribution in [0.4, 0.5) is 0 Å². The largest absolute Gasteiger partial charge is 0.351 e. The van der Waals surface area contributed by atoms with Crippen LogP contribution < -0.4 is 5.32 Å². The highest BCUT2D eigenvalue weighted by Crippen LogP contribution is 2.20. The van der Waals surface area contributed by atoms with Gasteiger partial charge in [0.2, 0.25) is 26.0 Å². The molecule has 186 valence electrons. The number of amides is 1. The maximum atomic E-state index is 13.3. The third-order valence-corrected chi connectivity index (χ3v) is 9.05. The van der Waals surface area contributed by atoms with Crippen LogP contribution in [0, 0.1) is 0 Å². The first-order valence-corrected chi connectivity index (χ1v) is 13.8. The summed E-state index contributed by atoms with van der Waals surface area (Å²) in [5.74, 6) is -0.497. The second-order valence-electron chi connectivity index (χ2n) is 7.92. The number of carbonyl (C=O) groups is 1. The van der Waals surface area contributed by atoms with Gasteiger partial charge in [0.15, 0.2) is 0 Å². The Bertz CT molecular complexity index is 1360. The summed E-state index contributed by atoms with van der Waals surface area (Å²) in [5, 5.41) is 3.11. The molecule has 0 atom stereocenters. The molecule has 0 bridgehead atoms. The molecule has 0 aromatic heterocycles.